The summed E-state index contributed by atoms with van der Waals surface area (Å²) >= 11 is 0. The fourth-order valence-electron chi connectivity index (χ4n) is 10.6. The summed E-state index contributed by atoms with van der Waals surface area (Å²) in [6.07, 6.45) is 7.24. The second kappa shape index (κ2) is 9.51. The van der Waals surface area contributed by atoms with Crippen molar-refractivity contribution in [3.8, 4) is 0 Å². The van der Waals surface area contributed by atoms with Crippen molar-refractivity contribution < 1.29 is 29.2 Å². The van der Waals surface area contributed by atoms with E-state index in [1.165, 1.54) is 35.2 Å². The lowest BCUT2D eigenvalue weighted by Crippen LogP contribution is -2.64. The molecule has 6 fully saturated rings. The molecule has 3 unspecified atom stereocenters. The van der Waals surface area contributed by atoms with E-state index in [9.17, 15) is 10.2 Å². The first kappa shape index (κ1) is 27.1. The normalized spacial score (nSPS) is 47.6. The average Bonchev–Trinajstić information content (AvgIpc) is 3.60. The van der Waals surface area contributed by atoms with Gasteiger partial charge in [-0.15, -0.1) is 0 Å². The molecule has 3 saturated carbocycles. The van der Waals surface area contributed by atoms with Crippen LogP contribution in [-0.4, -0.2) is 78.9 Å². The zero-order valence-electron chi connectivity index (χ0n) is 24.8. The Bertz CT molecular complexity index is 1210. The van der Waals surface area contributed by atoms with Crippen molar-refractivity contribution in [2.45, 2.75) is 107 Å². The lowest BCUT2D eigenvalue weighted by atomic mass is 9.49. The Hall–Kier alpha value is -1.48. The molecule has 7 nitrogen and oxygen atoms in total. The van der Waals surface area contributed by atoms with E-state index in [1.54, 1.807) is 0 Å². The van der Waals surface area contributed by atoms with Crippen LogP contribution < -0.4 is 4.90 Å². The van der Waals surface area contributed by atoms with Gasteiger partial charge in [-0.1, -0.05) is 24.6 Å². The summed E-state index contributed by atoms with van der Waals surface area (Å²) in [5.74, 6) is -0.144. The first-order chi connectivity index (χ1) is 19.8. The molecule has 224 valence electrons. The molecule has 1 aromatic carbocycles. The number of aliphatic hydroxyl groups is 2. The fraction of sp³-hybridized carbons (Fsp3) is 0.765. The van der Waals surface area contributed by atoms with E-state index in [-0.39, 0.29) is 23.5 Å². The number of ether oxygens (including phenoxy) is 4. The van der Waals surface area contributed by atoms with Crippen LogP contribution >= 0.6 is 0 Å². The predicted molar refractivity (Wildman–Crippen MR) is 155 cm³/mol. The molecule has 41 heavy (non-hydrogen) atoms. The van der Waals surface area contributed by atoms with Gasteiger partial charge in [0.05, 0.1) is 43.7 Å². The molecule has 10 aliphatic rings. The Morgan fingerprint density at radius 2 is 1.63 bits per heavy atom. The zero-order chi connectivity index (χ0) is 28.0. The third-order valence-electron chi connectivity index (χ3n) is 12.7. The van der Waals surface area contributed by atoms with E-state index in [0.29, 0.717) is 57.5 Å². The van der Waals surface area contributed by atoms with Crippen LogP contribution in [0.2, 0.25) is 0 Å². The highest BCUT2D eigenvalue weighted by molar-refractivity contribution is 5.51. The minimum Gasteiger partial charge on any atom is -0.387 e. The van der Waals surface area contributed by atoms with Gasteiger partial charge in [0.25, 0.3) is 0 Å². The highest BCUT2D eigenvalue weighted by Crippen LogP contribution is 2.68. The molecule has 2 N–H and O–H groups in total. The average molecular weight is 566 g/mol. The molecule has 11 rings (SSSR count). The van der Waals surface area contributed by atoms with E-state index in [0.717, 1.165) is 38.8 Å². The van der Waals surface area contributed by atoms with Crippen molar-refractivity contribution in [2.75, 3.05) is 44.4 Å². The Morgan fingerprint density at radius 3 is 2.39 bits per heavy atom. The Morgan fingerprint density at radius 1 is 0.902 bits per heavy atom. The summed E-state index contributed by atoms with van der Waals surface area (Å²) in [4.78, 5) is 2.49. The number of hydrogen-bond acceptors (Lipinski definition) is 7. The molecule has 7 heteroatoms. The number of fused-ring (bicyclic) bond motifs is 1. The summed E-state index contributed by atoms with van der Waals surface area (Å²) in [7, 11) is 0. The minimum absolute atomic E-state index is 0.133. The Balaban J connectivity index is 1.29. The first-order valence-corrected chi connectivity index (χ1v) is 16.3. The number of allylic oxidation sites excluding steroid dienone is 1. The van der Waals surface area contributed by atoms with Gasteiger partial charge in [0, 0.05) is 43.0 Å². The van der Waals surface area contributed by atoms with Crippen LogP contribution in [0.15, 0.2) is 35.4 Å². The van der Waals surface area contributed by atoms with E-state index in [2.05, 4.69) is 43.0 Å². The maximum atomic E-state index is 12.5. The molecule has 0 amide bonds. The summed E-state index contributed by atoms with van der Waals surface area (Å²) in [6, 6.07) is 9.25. The molecule has 1 spiro atoms. The van der Waals surface area contributed by atoms with Gasteiger partial charge in [-0.2, -0.15) is 0 Å². The van der Waals surface area contributed by atoms with E-state index in [4.69, 9.17) is 18.9 Å². The van der Waals surface area contributed by atoms with Gasteiger partial charge in [-0.25, -0.2) is 0 Å². The molecule has 4 aliphatic carbocycles. The zero-order valence-corrected chi connectivity index (χ0v) is 24.8. The summed E-state index contributed by atoms with van der Waals surface area (Å²) < 4.78 is 25.6. The van der Waals surface area contributed by atoms with Gasteiger partial charge in [-0.3, -0.25) is 0 Å². The van der Waals surface area contributed by atoms with Crippen LogP contribution in [0.5, 0.6) is 0 Å². The van der Waals surface area contributed by atoms with E-state index in [1.807, 2.05) is 0 Å². The van der Waals surface area contributed by atoms with Crippen LogP contribution in [0, 0.1) is 17.3 Å². The first-order valence-electron chi connectivity index (χ1n) is 16.3. The van der Waals surface area contributed by atoms with E-state index >= 15 is 0 Å². The van der Waals surface area contributed by atoms with Gasteiger partial charge >= 0.3 is 0 Å². The Kier molecular flexibility index (Phi) is 6.28. The van der Waals surface area contributed by atoms with Crippen molar-refractivity contribution in [1.29, 1.82) is 0 Å². The van der Waals surface area contributed by atoms with Gasteiger partial charge in [0.1, 0.15) is 6.10 Å². The van der Waals surface area contributed by atoms with Crippen molar-refractivity contribution in [3.05, 3.63) is 41.0 Å². The number of nitrogens with zero attached hydrogens (tertiary/aromatic N) is 1. The van der Waals surface area contributed by atoms with E-state index < -0.39 is 17.0 Å². The van der Waals surface area contributed by atoms with Crippen molar-refractivity contribution >= 4 is 5.69 Å². The van der Waals surface area contributed by atoms with Crippen LogP contribution in [0.4, 0.5) is 5.69 Å². The quantitative estimate of drug-likeness (QED) is 0.503. The third-order valence-corrected chi connectivity index (χ3v) is 12.7. The molecule has 6 heterocycles. The van der Waals surface area contributed by atoms with Crippen LogP contribution in [-0.2, 0) is 18.9 Å². The second-order valence-electron chi connectivity index (χ2n) is 14.4. The van der Waals surface area contributed by atoms with Crippen LogP contribution in [0.1, 0.15) is 83.1 Å². The summed E-state index contributed by atoms with van der Waals surface area (Å²) in [5, 5.41) is 25.0. The molecular weight excluding hydrogens is 518 g/mol. The standard InChI is InChI=1S/C34H47NO6/c1-22-33(37)12-10-27-25-9-11-32(36)21-34(40-17-15-38-22)29(39-16-18-41-34)19-28(32)30(25)26(20-31(27,33)2)23-5-7-24(8-6-23)35-13-3-4-14-35/h5-8,22,25-27,29,36-37H,3-4,9-21H2,1-2H3/t22?,25-,26+,27+,29?,31-,32-,33+,34?/m0/s1. The largest absolute Gasteiger partial charge is 0.387 e. The lowest BCUT2D eigenvalue weighted by molar-refractivity contribution is -0.350. The highest BCUT2D eigenvalue weighted by atomic mass is 16.7. The monoisotopic (exact) mass is 565 g/mol. The molecule has 3 saturated heterocycles. The van der Waals surface area contributed by atoms with Gasteiger partial charge < -0.3 is 34.1 Å². The topological polar surface area (TPSA) is 80.6 Å². The van der Waals surface area contributed by atoms with Crippen molar-refractivity contribution in [3.63, 3.8) is 0 Å². The molecule has 0 aromatic heterocycles. The molecule has 9 atom stereocenters. The SMILES string of the molecule is CC1OCCOC23C[C@@]4(O)CC[C@@H]5C(=C4CC2OCCO3)[C@@H](c2ccc(N3CCCC3)cc2)C[C@@]2(C)[C@@H]5CC[C@@]12O. The maximum absolute atomic E-state index is 12.5. The second-order valence-corrected chi connectivity index (χ2v) is 14.4. The lowest BCUT2D eigenvalue weighted by Gasteiger charge is -2.60. The fourth-order valence-corrected chi connectivity index (χ4v) is 10.6. The van der Waals surface area contributed by atoms with Gasteiger partial charge in [0.2, 0.25) is 0 Å². The number of anilines is 1. The molecule has 1 aromatic rings. The Labute approximate surface area is 244 Å². The van der Waals surface area contributed by atoms with Crippen LogP contribution in [0.25, 0.3) is 0 Å². The third kappa shape index (κ3) is 3.85. The van der Waals surface area contributed by atoms with Gasteiger partial charge in [0.15, 0.2) is 5.79 Å². The molecular formula is C34H47NO6. The highest BCUT2D eigenvalue weighted by Gasteiger charge is 2.67. The summed E-state index contributed by atoms with van der Waals surface area (Å²) in [5.41, 5.74) is 3.02. The number of benzene rings is 1. The molecule has 6 aliphatic heterocycles. The molecule has 0 radical (unpaired) electrons. The summed E-state index contributed by atoms with van der Waals surface area (Å²) in [6.45, 7) is 8.38. The van der Waals surface area contributed by atoms with Crippen LogP contribution in [0.3, 0.4) is 0 Å². The van der Waals surface area contributed by atoms with Gasteiger partial charge in [-0.05, 0) is 87.0 Å². The smallest absolute Gasteiger partial charge is 0.198 e. The van der Waals surface area contributed by atoms with Crippen molar-refractivity contribution in [2.24, 2.45) is 17.3 Å². The maximum Gasteiger partial charge on any atom is 0.198 e. The number of rotatable bonds is 2. The predicted octanol–water partition coefficient (Wildman–Crippen LogP) is 4.70. The minimum atomic E-state index is -0.975. The van der Waals surface area contributed by atoms with Crippen molar-refractivity contribution in [1.82, 2.24) is 0 Å². The number of hydrogen-bond donors (Lipinski definition) is 2. The molecule has 8 bridgehead atoms.